The third-order valence-corrected chi connectivity index (χ3v) is 7.43. The van der Waals surface area contributed by atoms with Crippen LogP contribution in [0.25, 0.3) is 10.9 Å². The summed E-state index contributed by atoms with van der Waals surface area (Å²) in [7, 11) is 0. The predicted octanol–water partition coefficient (Wildman–Crippen LogP) is 3.45. The van der Waals surface area contributed by atoms with E-state index in [1.807, 2.05) is 30.3 Å². The minimum atomic E-state index is -0.199. The van der Waals surface area contributed by atoms with Crippen LogP contribution in [0.15, 0.2) is 36.5 Å². The van der Waals surface area contributed by atoms with E-state index >= 15 is 0 Å². The Morgan fingerprint density at radius 2 is 1.71 bits per heavy atom. The maximum absolute atomic E-state index is 12.9. The summed E-state index contributed by atoms with van der Waals surface area (Å²) in [4.78, 5) is 29.5. The van der Waals surface area contributed by atoms with Crippen LogP contribution < -0.4 is 15.4 Å². The third kappa shape index (κ3) is 4.25. The largest absolute Gasteiger partial charge is 0.491 e. The van der Waals surface area contributed by atoms with Gasteiger partial charge >= 0.3 is 0 Å². The normalized spacial score (nSPS) is 28.5. The van der Waals surface area contributed by atoms with Gasteiger partial charge in [-0.15, -0.1) is 0 Å². The first-order valence-electron chi connectivity index (χ1n) is 11.6. The molecule has 31 heavy (non-hydrogen) atoms. The Bertz CT molecular complexity index is 933. The lowest BCUT2D eigenvalue weighted by molar-refractivity contribution is -0.147. The van der Waals surface area contributed by atoms with Gasteiger partial charge in [0.25, 0.3) is 0 Å². The van der Waals surface area contributed by atoms with E-state index in [2.05, 4.69) is 15.6 Å². The number of aromatic nitrogens is 1. The van der Waals surface area contributed by atoms with E-state index in [9.17, 15) is 9.59 Å². The van der Waals surface area contributed by atoms with Gasteiger partial charge in [0.2, 0.25) is 11.8 Å². The smallest absolute Gasteiger partial charge is 0.239 e. The molecule has 2 N–H and O–H groups in total. The van der Waals surface area contributed by atoms with Crippen molar-refractivity contribution in [2.75, 3.05) is 19.7 Å². The Hall–Kier alpha value is -2.63. The van der Waals surface area contributed by atoms with E-state index in [0.717, 1.165) is 53.7 Å². The quantitative estimate of drug-likeness (QED) is 0.640. The summed E-state index contributed by atoms with van der Waals surface area (Å²) in [6, 6.07) is 9.78. The molecule has 4 aliphatic rings. The van der Waals surface area contributed by atoms with Gasteiger partial charge in [-0.2, -0.15) is 0 Å². The maximum atomic E-state index is 12.9. The molecule has 6 rings (SSSR count). The highest BCUT2D eigenvalue weighted by atomic mass is 16.5. The lowest BCUT2D eigenvalue weighted by atomic mass is 9.49. The number of carbonyl (C=O) groups excluding carboxylic acids is 2. The van der Waals surface area contributed by atoms with Gasteiger partial charge in [0.1, 0.15) is 11.3 Å². The van der Waals surface area contributed by atoms with Crippen LogP contribution in [-0.4, -0.2) is 36.5 Å². The number of pyridine rings is 1. The molecule has 4 aliphatic carbocycles. The molecule has 2 aromatic rings. The molecule has 4 fully saturated rings. The molecule has 4 saturated carbocycles. The number of carbonyl (C=O) groups is 2. The summed E-state index contributed by atoms with van der Waals surface area (Å²) in [6.45, 7) is 1.08. The van der Waals surface area contributed by atoms with E-state index in [-0.39, 0.29) is 23.8 Å². The van der Waals surface area contributed by atoms with Crippen molar-refractivity contribution in [3.63, 3.8) is 0 Å². The van der Waals surface area contributed by atoms with Crippen LogP contribution in [0.5, 0.6) is 5.75 Å². The average Bonchev–Trinajstić information content (AvgIpc) is 2.76. The van der Waals surface area contributed by atoms with E-state index in [1.165, 1.54) is 19.3 Å². The monoisotopic (exact) mass is 421 g/mol. The first-order chi connectivity index (χ1) is 15.1. The first-order valence-corrected chi connectivity index (χ1v) is 11.6. The standard InChI is InChI=1S/C25H31N3O3/c29-22(16-28-24(30)25-13-17-10-18(14-25)12-19(11-17)15-25)26-8-3-9-31-21-6-1-4-20-5-2-7-27-23(20)21/h1-2,4-7,17-19H,3,8-16H2,(H,26,29)(H,28,30). The summed E-state index contributed by atoms with van der Waals surface area (Å²) in [5.41, 5.74) is 0.649. The van der Waals surface area contributed by atoms with Crippen LogP contribution >= 0.6 is 0 Å². The highest BCUT2D eigenvalue weighted by molar-refractivity contribution is 5.88. The topological polar surface area (TPSA) is 80.3 Å². The second kappa shape index (κ2) is 8.48. The van der Waals surface area contributed by atoms with Crippen LogP contribution in [0.2, 0.25) is 0 Å². The number of nitrogens with zero attached hydrogens (tertiary/aromatic N) is 1. The van der Waals surface area contributed by atoms with Crippen molar-refractivity contribution in [1.82, 2.24) is 15.6 Å². The minimum Gasteiger partial charge on any atom is -0.491 e. The van der Waals surface area contributed by atoms with Crippen LogP contribution in [0.1, 0.15) is 44.9 Å². The van der Waals surface area contributed by atoms with Gasteiger partial charge in [0.05, 0.1) is 13.2 Å². The fourth-order valence-corrected chi connectivity index (χ4v) is 6.47. The van der Waals surface area contributed by atoms with Crippen molar-refractivity contribution < 1.29 is 14.3 Å². The number of amides is 2. The second-order valence-corrected chi connectivity index (χ2v) is 9.76. The van der Waals surface area contributed by atoms with Crippen molar-refractivity contribution in [3.05, 3.63) is 36.5 Å². The molecular weight excluding hydrogens is 390 g/mol. The molecule has 0 aliphatic heterocycles. The van der Waals surface area contributed by atoms with Gasteiger partial charge < -0.3 is 15.4 Å². The molecule has 0 atom stereocenters. The minimum absolute atomic E-state index is 0.0642. The number of benzene rings is 1. The van der Waals surface area contributed by atoms with E-state index in [1.54, 1.807) is 6.20 Å². The van der Waals surface area contributed by atoms with Gasteiger partial charge in [0.15, 0.2) is 0 Å². The molecule has 6 nitrogen and oxygen atoms in total. The zero-order valence-electron chi connectivity index (χ0n) is 17.9. The number of hydrogen-bond donors (Lipinski definition) is 2. The van der Waals surface area contributed by atoms with E-state index in [4.69, 9.17) is 4.74 Å². The number of para-hydroxylation sites is 1. The summed E-state index contributed by atoms with van der Waals surface area (Å²) in [5, 5.41) is 6.87. The average molecular weight is 422 g/mol. The molecular formula is C25H31N3O3. The number of nitrogens with one attached hydrogen (secondary N) is 2. The number of fused-ring (bicyclic) bond motifs is 1. The van der Waals surface area contributed by atoms with Gasteiger partial charge in [-0.05, 0) is 74.8 Å². The number of hydrogen-bond acceptors (Lipinski definition) is 4. The van der Waals surface area contributed by atoms with Crippen molar-refractivity contribution in [1.29, 1.82) is 0 Å². The summed E-state index contributed by atoms with van der Waals surface area (Å²) in [6.07, 6.45) is 9.44. The molecule has 2 amide bonds. The summed E-state index contributed by atoms with van der Waals surface area (Å²) in [5.74, 6) is 2.90. The van der Waals surface area contributed by atoms with Gasteiger partial charge in [0, 0.05) is 23.5 Å². The van der Waals surface area contributed by atoms with Gasteiger partial charge in [-0.3, -0.25) is 14.6 Å². The second-order valence-electron chi connectivity index (χ2n) is 9.76. The molecule has 1 heterocycles. The fraction of sp³-hybridized carbons (Fsp3) is 0.560. The Balaban J connectivity index is 1.03. The van der Waals surface area contributed by atoms with Crippen molar-refractivity contribution >= 4 is 22.7 Å². The van der Waals surface area contributed by atoms with Crippen LogP contribution in [0.3, 0.4) is 0 Å². The van der Waals surface area contributed by atoms with Gasteiger partial charge in [-0.25, -0.2) is 0 Å². The molecule has 0 spiro atoms. The highest BCUT2D eigenvalue weighted by Gasteiger charge is 2.54. The molecule has 1 aromatic carbocycles. The molecule has 6 heteroatoms. The van der Waals surface area contributed by atoms with Crippen LogP contribution in [0, 0.1) is 23.2 Å². The SMILES string of the molecule is O=C(CNC(=O)C12CC3CC(CC(C3)C1)C2)NCCCOc1cccc2cccnc12. The Labute approximate surface area is 183 Å². The predicted molar refractivity (Wildman–Crippen MR) is 118 cm³/mol. The van der Waals surface area contributed by atoms with E-state index in [0.29, 0.717) is 19.6 Å². The molecule has 1 aromatic heterocycles. The van der Waals surface area contributed by atoms with Crippen molar-refractivity contribution in [2.45, 2.75) is 44.9 Å². The molecule has 164 valence electrons. The maximum Gasteiger partial charge on any atom is 0.239 e. The molecule has 0 radical (unpaired) electrons. The fourth-order valence-electron chi connectivity index (χ4n) is 6.47. The van der Waals surface area contributed by atoms with Crippen LogP contribution in [0.4, 0.5) is 0 Å². The Kier molecular flexibility index (Phi) is 5.55. The van der Waals surface area contributed by atoms with Crippen molar-refractivity contribution in [3.8, 4) is 5.75 Å². The number of ether oxygens (including phenoxy) is 1. The number of rotatable bonds is 8. The van der Waals surface area contributed by atoms with Crippen molar-refractivity contribution in [2.24, 2.45) is 23.2 Å². The Morgan fingerprint density at radius 3 is 2.45 bits per heavy atom. The summed E-state index contributed by atoms with van der Waals surface area (Å²) >= 11 is 0. The third-order valence-electron chi connectivity index (χ3n) is 7.43. The summed E-state index contributed by atoms with van der Waals surface area (Å²) < 4.78 is 5.85. The lowest BCUT2D eigenvalue weighted by Gasteiger charge is -2.55. The molecule has 0 saturated heterocycles. The van der Waals surface area contributed by atoms with E-state index < -0.39 is 0 Å². The Morgan fingerprint density at radius 1 is 1.00 bits per heavy atom. The lowest BCUT2D eigenvalue weighted by Crippen LogP contribution is -2.54. The van der Waals surface area contributed by atoms with Crippen LogP contribution in [-0.2, 0) is 9.59 Å². The van der Waals surface area contributed by atoms with Gasteiger partial charge in [-0.1, -0.05) is 18.2 Å². The first kappa shape index (κ1) is 20.3. The zero-order chi connectivity index (χ0) is 21.3. The molecule has 4 bridgehead atoms. The highest BCUT2D eigenvalue weighted by Crippen LogP contribution is 2.60. The molecule has 0 unspecified atom stereocenters. The zero-order valence-corrected chi connectivity index (χ0v) is 17.9.